The highest BCUT2D eigenvalue weighted by molar-refractivity contribution is 5.14. The van der Waals surface area contributed by atoms with Crippen LogP contribution in [0.3, 0.4) is 0 Å². The third kappa shape index (κ3) is 4.04. The number of unbranched alkanes of at least 4 members (excludes halogenated alkanes) is 1. The van der Waals surface area contributed by atoms with Crippen molar-refractivity contribution in [2.75, 3.05) is 6.61 Å². The topological polar surface area (TPSA) is 9.23 Å². The van der Waals surface area contributed by atoms with Gasteiger partial charge in [0, 0.05) is 6.61 Å². The molecule has 0 aliphatic rings. The summed E-state index contributed by atoms with van der Waals surface area (Å²) < 4.78 is 17.8. The van der Waals surface area contributed by atoms with Crippen LogP contribution in [0.25, 0.3) is 0 Å². The first-order valence-electron chi connectivity index (χ1n) is 4.44. The van der Waals surface area contributed by atoms with Crippen LogP contribution in [0.15, 0.2) is 24.3 Å². The molecular weight excluding hydrogens is 167 g/mol. The number of rotatable bonds is 5. The van der Waals surface area contributed by atoms with Gasteiger partial charge in [0.15, 0.2) is 0 Å². The van der Waals surface area contributed by atoms with Crippen molar-refractivity contribution in [3.63, 3.8) is 0 Å². The van der Waals surface area contributed by atoms with E-state index in [2.05, 4.69) is 6.92 Å². The molecule has 71 valence electrons. The van der Waals surface area contributed by atoms with Gasteiger partial charge in [0.05, 0.1) is 6.61 Å². The Balaban J connectivity index is 2.25. The van der Waals surface area contributed by atoms with Crippen LogP contribution < -0.4 is 0 Å². The number of halogens is 1. The maximum Gasteiger partial charge on any atom is 0.123 e. The van der Waals surface area contributed by atoms with Gasteiger partial charge in [-0.2, -0.15) is 0 Å². The van der Waals surface area contributed by atoms with E-state index >= 15 is 0 Å². The fraction of sp³-hybridized carbons (Fsp3) is 0.364. The summed E-state index contributed by atoms with van der Waals surface area (Å²) in [6, 6.07) is 6.36. The first-order valence-corrected chi connectivity index (χ1v) is 4.44. The van der Waals surface area contributed by atoms with Crippen molar-refractivity contribution < 1.29 is 9.13 Å². The molecule has 2 heteroatoms. The van der Waals surface area contributed by atoms with Crippen LogP contribution in [-0.4, -0.2) is 6.61 Å². The van der Waals surface area contributed by atoms with Crippen LogP contribution in [0, 0.1) is 12.7 Å². The normalized spacial score (nSPS) is 10.3. The van der Waals surface area contributed by atoms with E-state index in [1.54, 1.807) is 12.1 Å². The third-order valence-corrected chi connectivity index (χ3v) is 1.72. The monoisotopic (exact) mass is 181 g/mol. The minimum Gasteiger partial charge on any atom is -0.377 e. The highest BCUT2D eigenvalue weighted by Gasteiger charge is 1.93. The molecule has 13 heavy (non-hydrogen) atoms. The number of benzene rings is 1. The Bertz CT molecular complexity index is 230. The highest BCUT2D eigenvalue weighted by atomic mass is 19.1. The van der Waals surface area contributed by atoms with Crippen molar-refractivity contribution in [2.24, 2.45) is 0 Å². The lowest BCUT2D eigenvalue weighted by atomic mass is 10.2. The average Bonchev–Trinajstić information content (AvgIpc) is 2.15. The summed E-state index contributed by atoms with van der Waals surface area (Å²) in [7, 11) is 0. The molecule has 0 aromatic heterocycles. The number of ether oxygens (including phenoxy) is 1. The van der Waals surface area contributed by atoms with Gasteiger partial charge in [0.25, 0.3) is 0 Å². The Morgan fingerprint density at radius 2 is 1.92 bits per heavy atom. The maximum absolute atomic E-state index is 12.5. The van der Waals surface area contributed by atoms with Gasteiger partial charge in [0.1, 0.15) is 5.82 Å². The zero-order valence-electron chi connectivity index (χ0n) is 7.63. The second-order valence-corrected chi connectivity index (χ2v) is 2.89. The van der Waals surface area contributed by atoms with E-state index in [4.69, 9.17) is 4.74 Å². The molecule has 1 rings (SSSR count). The molecule has 0 unspecified atom stereocenters. The van der Waals surface area contributed by atoms with Gasteiger partial charge in [-0.25, -0.2) is 4.39 Å². The van der Waals surface area contributed by atoms with E-state index in [9.17, 15) is 4.39 Å². The molecule has 0 atom stereocenters. The fourth-order valence-electron chi connectivity index (χ4n) is 0.975. The summed E-state index contributed by atoms with van der Waals surface area (Å²) in [6.07, 6.45) is 1.87. The molecule has 0 amide bonds. The van der Waals surface area contributed by atoms with Crippen LogP contribution in [0.5, 0.6) is 0 Å². The van der Waals surface area contributed by atoms with Gasteiger partial charge in [-0.05, 0) is 24.1 Å². The molecule has 0 bridgehead atoms. The third-order valence-electron chi connectivity index (χ3n) is 1.72. The van der Waals surface area contributed by atoms with E-state index in [1.807, 2.05) is 0 Å². The van der Waals surface area contributed by atoms with Crippen molar-refractivity contribution in [1.29, 1.82) is 0 Å². The zero-order chi connectivity index (χ0) is 9.52. The highest BCUT2D eigenvalue weighted by Crippen LogP contribution is 2.04. The Kier molecular flexibility index (Phi) is 4.47. The van der Waals surface area contributed by atoms with Gasteiger partial charge in [-0.15, -0.1) is 0 Å². The lowest BCUT2D eigenvalue weighted by Gasteiger charge is -2.02. The SMILES string of the molecule is [CH2]CCCOCc1ccc(F)cc1. The fourth-order valence-corrected chi connectivity index (χ4v) is 0.975. The molecule has 0 heterocycles. The zero-order valence-corrected chi connectivity index (χ0v) is 7.63. The van der Waals surface area contributed by atoms with Crippen molar-refractivity contribution >= 4 is 0 Å². The molecule has 1 aromatic carbocycles. The second-order valence-electron chi connectivity index (χ2n) is 2.89. The first kappa shape index (κ1) is 10.2. The van der Waals surface area contributed by atoms with Crippen LogP contribution in [0.4, 0.5) is 4.39 Å². The molecule has 0 saturated heterocycles. The molecule has 0 fully saturated rings. The lowest BCUT2D eigenvalue weighted by Crippen LogP contribution is -1.94. The van der Waals surface area contributed by atoms with Crippen LogP contribution in [-0.2, 0) is 11.3 Å². The van der Waals surface area contributed by atoms with Crippen LogP contribution >= 0.6 is 0 Å². The summed E-state index contributed by atoms with van der Waals surface area (Å²) in [5.74, 6) is -0.207. The molecule has 1 radical (unpaired) electrons. The Morgan fingerprint density at radius 1 is 1.23 bits per heavy atom. The van der Waals surface area contributed by atoms with E-state index in [1.165, 1.54) is 12.1 Å². The Hall–Kier alpha value is -0.890. The van der Waals surface area contributed by atoms with Crippen molar-refractivity contribution in [1.82, 2.24) is 0 Å². The lowest BCUT2D eigenvalue weighted by molar-refractivity contribution is 0.119. The standard InChI is InChI=1S/C11H14FO/c1-2-3-8-13-9-10-4-6-11(12)7-5-10/h4-7H,1-3,8-9H2. The smallest absolute Gasteiger partial charge is 0.123 e. The molecular formula is C11H14FO. The van der Waals surface area contributed by atoms with Gasteiger partial charge in [-0.1, -0.05) is 25.5 Å². The van der Waals surface area contributed by atoms with Gasteiger partial charge in [-0.3, -0.25) is 0 Å². The summed E-state index contributed by atoms with van der Waals surface area (Å²) >= 11 is 0. The molecule has 0 N–H and O–H groups in total. The molecule has 1 nitrogen and oxygen atoms in total. The maximum atomic E-state index is 12.5. The summed E-state index contributed by atoms with van der Waals surface area (Å²) in [6.45, 7) is 4.99. The molecule has 0 spiro atoms. The summed E-state index contributed by atoms with van der Waals surface area (Å²) in [5.41, 5.74) is 1.01. The van der Waals surface area contributed by atoms with E-state index in [0.29, 0.717) is 6.61 Å². The molecule has 1 aromatic rings. The predicted octanol–water partition coefficient (Wildman–Crippen LogP) is 2.96. The molecule has 0 aliphatic carbocycles. The summed E-state index contributed by atoms with van der Waals surface area (Å²) in [5, 5.41) is 0. The van der Waals surface area contributed by atoms with Crippen molar-refractivity contribution in [2.45, 2.75) is 19.4 Å². The Morgan fingerprint density at radius 3 is 2.54 bits per heavy atom. The first-order chi connectivity index (χ1) is 6.33. The van der Waals surface area contributed by atoms with Gasteiger partial charge < -0.3 is 4.74 Å². The second kappa shape index (κ2) is 5.70. The molecule has 0 saturated carbocycles. The minimum absolute atomic E-state index is 0.207. The molecule has 0 aliphatic heterocycles. The van der Waals surface area contributed by atoms with Crippen molar-refractivity contribution in [3.8, 4) is 0 Å². The van der Waals surface area contributed by atoms with Gasteiger partial charge in [0.2, 0.25) is 0 Å². The number of hydrogen-bond acceptors (Lipinski definition) is 1. The van der Waals surface area contributed by atoms with Crippen LogP contribution in [0.1, 0.15) is 18.4 Å². The largest absolute Gasteiger partial charge is 0.377 e. The quantitative estimate of drug-likeness (QED) is 0.634. The minimum atomic E-state index is -0.207. The summed E-state index contributed by atoms with van der Waals surface area (Å²) in [4.78, 5) is 0. The Labute approximate surface area is 78.5 Å². The van der Waals surface area contributed by atoms with Gasteiger partial charge >= 0.3 is 0 Å². The predicted molar refractivity (Wildman–Crippen MR) is 50.6 cm³/mol. The average molecular weight is 181 g/mol. The van der Waals surface area contributed by atoms with E-state index in [-0.39, 0.29) is 5.82 Å². The van der Waals surface area contributed by atoms with Crippen molar-refractivity contribution in [3.05, 3.63) is 42.6 Å². The van der Waals surface area contributed by atoms with E-state index in [0.717, 1.165) is 25.0 Å². The van der Waals surface area contributed by atoms with Crippen LogP contribution in [0.2, 0.25) is 0 Å². The number of hydrogen-bond donors (Lipinski definition) is 0. The van der Waals surface area contributed by atoms with E-state index < -0.39 is 0 Å².